The molecular weight excluding hydrogens is 186 g/mol. The van der Waals surface area contributed by atoms with E-state index in [1.54, 1.807) is 24.7 Å². The molecule has 0 aliphatic heterocycles. The summed E-state index contributed by atoms with van der Waals surface area (Å²) >= 11 is 0. The van der Waals surface area contributed by atoms with Crippen molar-refractivity contribution in [3.05, 3.63) is 48.9 Å². The third kappa shape index (κ3) is 1.86. The number of nitrogens with two attached hydrogens (primary N) is 1. The van der Waals surface area contributed by atoms with Crippen molar-refractivity contribution in [2.45, 2.75) is 0 Å². The summed E-state index contributed by atoms with van der Waals surface area (Å²) in [4.78, 5) is 8.16. The third-order valence-electron chi connectivity index (χ3n) is 2.16. The summed E-state index contributed by atoms with van der Waals surface area (Å²) in [6, 6.07) is 5.82. The summed E-state index contributed by atoms with van der Waals surface area (Å²) in [5.74, 6) is 0.498. The second-order valence-corrected chi connectivity index (χ2v) is 3.14. The van der Waals surface area contributed by atoms with Crippen molar-refractivity contribution in [3.63, 3.8) is 0 Å². The molecule has 3 heteroatoms. The number of hydrogen-bond donors (Lipinski definition) is 1. The SMILES string of the molecule is C=Cc1cc(-c2cccnc2)cnc1N. The smallest absolute Gasteiger partial charge is 0.130 e. The van der Waals surface area contributed by atoms with Crippen LogP contribution in [0.15, 0.2) is 43.4 Å². The summed E-state index contributed by atoms with van der Waals surface area (Å²) in [6.07, 6.45) is 6.96. The highest BCUT2D eigenvalue weighted by atomic mass is 14.8. The highest BCUT2D eigenvalue weighted by molar-refractivity contribution is 5.69. The number of rotatable bonds is 2. The van der Waals surface area contributed by atoms with Gasteiger partial charge in [-0.2, -0.15) is 0 Å². The number of nitrogens with zero attached hydrogens (tertiary/aromatic N) is 2. The zero-order chi connectivity index (χ0) is 10.7. The van der Waals surface area contributed by atoms with Gasteiger partial charge in [0, 0.05) is 35.3 Å². The maximum atomic E-state index is 5.68. The van der Waals surface area contributed by atoms with Crippen LogP contribution in [0.3, 0.4) is 0 Å². The van der Waals surface area contributed by atoms with Gasteiger partial charge in [-0.15, -0.1) is 0 Å². The number of aromatic nitrogens is 2. The van der Waals surface area contributed by atoms with E-state index in [4.69, 9.17) is 5.73 Å². The first kappa shape index (κ1) is 9.40. The summed E-state index contributed by atoms with van der Waals surface area (Å²) in [5.41, 5.74) is 8.54. The van der Waals surface area contributed by atoms with Crippen LogP contribution in [0.2, 0.25) is 0 Å². The summed E-state index contributed by atoms with van der Waals surface area (Å²) in [7, 11) is 0. The second-order valence-electron chi connectivity index (χ2n) is 3.14. The summed E-state index contributed by atoms with van der Waals surface area (Å²) < 4.78 is 0. The molecule has 74 valence electrons. The van der Waals surface area contributed by atoms with Crippen molar-refractivity contribution in [2.75, 3.05) is 5.73 Å². The monoisotopic (exact) mass is 197 g/mol. The zero-order valence-electron chi connectivity index (χ0n) is 8.22. The van der Waals surface area contributed by atoms with E-state index < -0.39 is 0 Å². The molecular formula is C12H11N3. The largest absolute Gasteiger partial charge is 0.383 e. The molecule has 0 saturated heterocycles. The van der Waals surface area contributed by atoms with E-state index in [2.05, 4.69) is 16.5 Å². The average molecular weight is 197 g/mol. The number of pyridine rings is 2. The van der Waals surface area contributed by atoms with E-state index in [-0.39, 0.29) is 0 Å². The van der Waals surface area contributed by atoms with Crippen molar-refractivity contribution in [2.24, 2.45) is 0 Å². The first-order valence-electron chi connectivity index (χ1n) is 4.59. The minimum atomic E-state index is 0.498. The fourth-order valence-corrected chi connectivity index (χ4v) is 1.35. The van der Waals surface area contributed by atoms with Gasteiger partial charge in [0.2, 0.25) is 0 Å². The Morgan fingerprint density at radius 3 is 2.80 bits per heavy atom. The molecule has 3 nitrogen and oxygen atoms in total. The third-order valence-corrected chi connectivity index (χ3v) is 2.16. The fraction of sp³-hybridized carbons (Fsp3) is 0. The van der Waals surface area contributed by atoms with E-state index >= 15 is 0 Å². The van der Waals surface area contributed by atoms with Gasteiger partial charge in [0.1, 0.15) is 5.82 Å². The molecule has 0 aliphatic rings. The maximum absolute atomic E-state index is 5.68. The molecule has 0 atom stereocenters. The quantitative estimate of drug-likeness (QED) is 0.804. The van der Waals surface area contributed by atoms with Crippen LogP contribution in [0.4, 0.5) is 5.82 Å². The molecule has 2 heterocycles. The molecule has 0 saturated carbocycles. The van der Waals surface area contributed by atoms with Gasteiger partial charge in [-0.25, -0.2) is 4.98 Å². The minimum absolute atomic E-state index is 0.498. The number of hydrogen-bond acceptors (Lipinski definition) is 3. The van der Waals surface area contributed by atoms with E-state index in [0.29, 0.717) is 5.82 Å². The van der Waals surface area contributed by atoms with Gasteiger partial charge in [0.25, 0.3) is 0 Å². The molecule has 0 aromatic carbocycles. The Balaban J connectivity index is 2.51. The van der Waals surface area contributed by atoms with Crippen molar-refractivity contribution >= 4 is 11.9 Å². The molecule has 0 aliphatic carbocycles. The maximum Gasteiger partial charge on any atom is 0.130 e. The Morgan fingerprint density at radius 2 is 2.13 bits per heavy atom. The van der Waals surface area contributed by atoms with Crippen molar-refractivity contribution in [3.8, 4) is 11.1 Å². The molecule has 2 N–H and O–H groups in total. The van der Waals surface area contributed by atoms with Crippen molar-refractivity contribution in [1.82, 2.24) is 9.97 Å². The molecule has 2 aromatic rings. The van der Waals surface area contributed by atoms with Crippen LogP contribution in [0, 0.1) is 0 Å². The molecule has 2 rings (SSSR count). The predicted octanol–water partition coefficient (Wildman–Crippen LogP) is 2.37. The van der Waals surface area contributed by atoms with Crippen LogP contribution in [0.1, 0.15) is 5.56 Å². The lowest BCUT2D eigenvalue weighted by atomic mass is 10.1. The van der Waals surface area contributed by atoms with Crippen LogP contribution < -0.4 is 5.73 Å². The molecule has 0 radical (unpaired) electrons. The Morgan fingerprint density at radius 1 is 1.27 bits per heavy atom. The topological polar surface area (TPSA) is 51.8 Å². The Hall–Kier alpha value is -2.16. The highest BCUT2D eigenvalue weighted by Crippen LogP contribution is 2.21. The first-order chi connectivity index (χ1) is 7.31. The molecule has 0 fully saturated rings. The molecule has 2 aromatic heterocycles. The standard InChI is InChI=1S/C12H11N3/c1-2-9-6-11(8-15-12(9)13)10-4-3-5-14-7-10/h2-8H,1H2,(H2,13,15). The Kier molecular flexibility index (Phi) is 2.46. The van der Waals surface area contributed by atoms with Gasteiger partial charge in [-0.1, -0.05) is 18.7 Å². The summed E-state index contributed by atoms with van der Waals surface area (Å²) in [6.45, 7) is 3.69. The van der Waals surface area contributed by atoms with Crippen LogP contribution in [-0.4, -0.2) is 9.97 Å². The predicted molar refractivity (Wildman–Crippen MR) is 62.0 cm³/mol. The van der Waals surface area contributed by atoms with Crippen molar-refractivity contribution in [1.29, 1.82) is 0 Å². The van der Waals surface area contributed by atoms with E-state index in [1.807, 2.05) is 18.2 Å². The highest BCUT2D eigenvalue weighted by Gasteiger charge is 2.01. The molecule has 0 bridgehead atoms. The lowest BCUT2D eigenvalue weighted by Gasteiger charge is -2.03. The number of anilines is 1. The van der Waals surface area contributed by atoms with Crippen LogP contribution >= 0.6 is 0 Å². The van der Waals surface area contributed by atoms with Crippen LogP contribution in [0.5, 0.6) is 0 Å². The van der Waals surface area contributed by atoms with Gasteiger partial charge >= 0.3 is 0 Å². The van der Waals surface area contributed by atoms with Crippen LogP contribution in [0.25, 0.3) is 17.2 Å². The minimum Gasteiger partial charge on any atom is -0.383 e. The lowest BCUT2D eigenvalue weighted by molar-refractivity contribution is 1.30. The molecule has 0 unspecified atom stereocenters. The average Bonchev–Trinajstić information content (AvgIpc) is 2.31. The van der Waals surface area contributed by atoms with Gasteiger partial charge in [0.15, 0.2) is 0 Å². The zero-order valence-corrected chi connectivity index (χ0v) is 8.22. The second kappa shape index (κ2) is 3.92. The van der Waals surface area contributed by atoms with Crippen LogP contribution in [-0.2, 0) is 0 Å². The fourth-order valence-electron chi connectivity index (χ4n) is 1.35. The lowest BCUT2D eigenvalue weighted by Crippen LogP contribution is -1.94. The van der Waals surface area contributed by atoms with Gasteiger partial charge in [-0.3, -0.25) is 4.98 Å². The van der Waals surface area contributed by atoms with E-state index in [1.165, 1.54) is 0 Å². The Bertz CT molecular complexity index is 477. The molecule has 15 heavy (non-hydrogen) atoms. The van der Waals surface area contributed by atoms with Gasteiger partial charge in [-0.05, 0) is 12.1 Å². The molecule has 0 spiro atoms. The summed E-state index contributed by atoms with van der Waals surface area (Å²) in [5, 5.41) is 0. The first-order valence-corrected chi connectivity index (χ1v) is 4.59. The Labute approximate surface area is 88.3 Å². The van der Waals surface area contributed by atoms with Gasteiger partial charge in [0.05, 0.1) is 0 Å². The van der Waals surface area contributed by atoms with E-state index in [9.17, 15) is 0 Å². The number of nitrogen functional groups attached to an aromatic ring is 1. The molecule has 0 amide bonds. The van der Waals surface area contributed by atoms with Crippen molar-refractivity contribution < 1.29 is 0 Å². The van der Waals surface area contributed by atoms with Gasteiger partial charge < -0.3 is 5.73 Å². The normalized spacial score (nSPS) is 9.87. The van der Waals surface area contributed by atoms with E-state index in [0.717, 1.165) is 16.7 Å².